The van der Waals surface area contributed by atoms with Gasteiger partial charge in [-0.1, -0.05) is 12.5 Å². The summed E-state index contributed by atoms with van der Waals surface area (Å²) in [6, 6.07) is 0. The molecule has 0 heterocycles. The number of hydrogen-bond acceptors (Lipinski definition) is 2. The van der Waals surface area contributed by atoms with Crippen LogP contribution in [-0.2, 0) is 10.8 Å². The number of hydrogen-bond donors (Lipinski definition) is 1. The van der Waals surface area contributed by atoms with Gasteiger partial charge < -0.3 is 10.2 Å². The average molecular weight is 443 g/mol. The van der Waals surface area contributed by atoms with Crippen LogP contribution in [0, 0.1) is 0 Å². The van der Waals surface area contributed by atoms with Crippen LogP contribution in [0.25, 0.3) is 0 Å². The molecule has 0 aliphatic rings. The number of nitrogens with zero attached hydrogens (tertiary/aromatic N) is 2. The molecule has 1 unspecified atom stereocenters. The van der Waals surface area contributed by atoms with Gasteiger partial charge in [-0.15, -0.1) is 30.6 Å². The highest BCUT2D eigenvalue weighted by Gasteiger charge is 2.18. The molecule has 0 amide bonds. The van der Waals surface area contributed by atoms with E-state index in [9.17, 15) is 4.21 Å². The zero-order valence-corrected chi connectivity index (χ0v) is 18.0. The molecule has 0 saturated carbocycles. The van der Waals surface area contributed by atoms with Gasteiger partial charge in [-0.05, 0) is 40.0 Å². The molecule has 0 saturated heterocycles. The van der Waals surface area contributed by atoms with Crippen molar-refractivity contribution in [2.45, 2.75) is 51.2 Å². The minimum absolute atomic E-state index is 0. The SMILES string of the molecule is C=CCCCCCN(C)C(=NC)NCCS(=O)C(C)(C)C.I. The quantitative estimate of drug-likeness (QED) is 0.195. The molecule has 0 aliphatic carbocycles. The molecule has 132 valence electrons. The first-order valence-electron chi connectivity index (χ1n) is 7.74. The lowest BCUT2D eigenvalue weighted by Gasteiger charge is -2.23. The highest BCUT2D eigenvalue weighted by molar-refractivity contribution is 14.0. The van der Waals surface area contributed by atoms with Crippen molar-refractivity contribution in [3.05, 3.63) is 12.7 Å². The maximum atomic E-state index is 12.0. The lowest BCUT2D eigenvalue weighted by atomic mass is 10.2. The summed E-state index contributed by atoms with van der Waals surface area (Å²) in [4.78, 5) is 6.41. The van der Waals surface area contributed by atoms with E-state index in [1.165, 1.54) is 12.8 Å². The van der Waals surface area contributed by atoms with E-state index in [0.29, 0.717) is 12.3 Å². The third kappa shape index (κ3) is 11.5. The van der Waals surface area contributed by atoms with Crippen molar-refractivity contribution in [2.75, 3.05) is 32.9 Å². The van der Waals surface area contributed by atoms with E-state index in [2.05, 4.69) is 21.8 Å². The number of halogens is 1. The molecule has 0 aromatic carbocycles. The van der Waals surface area contributed by atoms with Crippen LogP contribution in [0.5, 0.6) is 0 Å². The Hall–Kier alpha value is -0.110. The van der Waals surface area contributed by atoms with Crippen molar-refractivity contribution in [1.29, 1.82) is 0 Å². The van der Waals surface area contributed by atoms with Gasteiger partial charge in [-0.2, -0.15) is 0 Å². The van der Waals surface area contributed by atoms with Crippen LogP contribution in [0.4, 0.5) is 0 Å². The van der Waals surface area contributed by atoms with Gasteiger partial charge >= 0.3 is 0 Å². The minimum atomic E-state index is -0.824. The average Bonchev–Trinajstić information content (AvgIpc) is 2.41. The van der Waals surface area contributed by atoms with Crippen LogP contribution >= 0.6 is 24.0 Å². The third-order valence-corrected chi connectivity index (χ3v) is 5.17. The zero-order chi connectivity index (χ0) is 16.3. The van der Waals surface area contributed by atoms with Gasteiger partial charge in [0.1, 0.15) is 0 Å². The molecular weight excluding hydrogens is 409 g/mol. The predicted molar refractivity (Wildman–Crippen MR) is 111 cm³/mol. The first kappa shape index (κ1) is 24.1. The van der Waals surface area contributed by atoms with Gasteiger partial charge in [-0.3, -0.25) is 9.20 Å². The van der Waals surface area contributed by atoms with Crippen LogP contribution in [0.15, 0.2) is 17.6 Å². The van der Waals surface area contributed by atoms with E-state index < -0.39 is 10.8 Å². The second-order valence-corrected chi connectivity index (χ2v) is 8.52. The molecule has 6 heteroatoms. The molecular formula is C16H34IN3OS. The lowest BCUT2D eigenvalue weighted by molar-refractivity contribution is 0.457. The molecule has 1 atom stereocenters. The van der Waals surface area contributed by atoms with Gasteiger partial charge in [0.25, 0.3) is 0 Å². The van der Waals surface area contributed by atoms with Crippen molar-refractivity contribution >= 4 is 40.7 Å². The number of guanidine groups is 1. The fourth-order valence-corrected chi connectivity index (χ4v) is 2.77. The summed E-state index contributed by atoms with van der Waals surface area (Å²) in [6.07, 6.45) is 6.63. The Bertz CT molecular complexity index is 354. The van der Waals surface area contributed by atoms with Gasteiger partial charge in [-0.25, -0.2) is 0 Å². The first-order valence-corrected chi connectivity index (χ1v) is 9.06. The molecule has 0 bridgehead atoms. The summed E-state index contributed by atoms with van der Waals surface area (Å²) in [7, 11) is 3.01. The van der Waals surface area contributed by atoms with E-state index in [4.69, 9.17) is 0 Å². The van der Waals surface area contributed by atoms with E-state index in [1.807, 2.05) is 33.9 Å². The summed E-state index contributed by atoms with van der Waals surface area (Å²) in [5.74, 6) is 1.53. The highest BCUT2D eigenvalue weighted by atomic mass is 127. The maximum Gasteiger partial charge on any atom is 0.193 e. The smallest absolute Gasteiger partial charge is 0.193 e. The highest BCUT2D eigenvalue weighted by Crippen LogP contribution is 2.10. The molecule has 4 nitrogen and oxygen atoms in total. The monoisotopic (exact) mass is 443 g/mol. The Kier molecular flexibility index (Phi) is 14.6. The summed E-state index contributed by atoms with van der Waals surface area (Å²) in [6.45, 7) is 11.4. The van der Waals surface area contributed by atoms with E-state index in [0.717, 1.165) is 25.3 Å². The van der Waals surface area contributed by atoms with Crippen LogP contribution in [-0.4, -0.2) is 52.8 Å². The van der Waals surface area contributed by atoms with E-state index in [1.54, 1.807) is 7.05 Å². The van der Waals surface area contributed by atoms with Crippen LogP contribution in [0.3, 0.4) is 0 Å². The second-order valence-electron chi connectivity index (χ2n) is 6.20. The number of rotatable bonds is 9. The predicted octanol–water partition coefficient (Wildman–Crippen LogP) is 3.41. The lowest BCUT2D eigenvalue weighted by Crippen LogP contribution is -2.41. The Morgan fingerprint density at radius 2 is 1.95 bits per heavy atom. The molecule has 22 heavy (non-hydrogen) atoms. The summed E-state index contributed by atoms with van der Waals surface area (Å²) >= 11 is 0. The molecule has 0 fully saturated rings. The molecule has 0 radical (unpaired) electrons. The van der Waals surface area contributed by atoms with Gasteiger partial charge in [0.15, 0.2) is 5.96 Å². The molecule has 0 aromatic heterocycles. The number of nitrogens with one attached hydrogen (secondary N) is 1. The summed E-state index contributed by atoms with van der Waals surface area (Å²) in [5, 5.41) is 3.29. The number of allylic oxidation sites excluding steroid dienone is 1. The Morgan fingerprint density at radius 1 is 1.32 bits per heavy atom. The summed E-state index contributed by atoms with van der Waals surface area (Å²) in [5.41, 5.74) is 0. The second kappa shape index (κ2) is 13.3. The summed E-state index contributed by atoms with van der Waals surface area (Å²) < 4.78 is 11.8. The number of aliphatic imine (C=N–C) groups is 1. The number of unbranched alkanes of at least 4 members (excludes halogenated alkanes) is 3. The minimum Gasteiger partial charge on any atom is -0.355 e. The van der Waals surface area contributed by atoms with E-state index in [-0.39, 0.29) is 28.7 Å². The molecule has 0 aromatic rings. The normalized spacial score (nSPS) is 13.2. The van der Waals surface area contributed by atoms with Gasteiger partial charge in [0.05, 0.1) is 0 Å². The van der Waals surface area contributed by atoms with E-state index >= 15 is 0 Å². The molecule has 0 spiro atoms. The fraction of sp³-hybridized carbons (Fsp3) is 0.812. The van der Waals surface area contributed by atoms with Gasteiger partial charge in [0.2, 0.25) is 0 Å². The first-order chi connectivity index (χ1) is 9.82. The Labute approximate surface area is 156 Å². The zero-order valence-electron chi connectivity index (χ0n) is 14.9. The van der Waals surface area contributed by atoms with Crippen molar-refractivity contribution in [2.24, 2.45) is 4.99 Å². The van der Waals surface area contributed by atoms with Crippen molar-refractivity contribution in [3.63, 3.8) is 0 Å². The largest absolute Gasteiger partial charge is 0.355 e. The molecule has 1 N–H and O–H groups in total. The van der Waals surface area contributed by atoms with Gasteiger partial charge in [0, 0.05) is 48.5 Å². The third-order valence-electron chi connectivity index (χ3n) is 3.23. The fourth-order valence-electron chi connectivity index (χ4n) is 1.87. The van der Waals surface area contributed by atoms with Crippen LogP contribution in [0.1, 0.15) is 46.5 Å². The maximum absolute atomic E-state index is 12.0. The molecule has 0 rings (SSSR count). The Balaban J connectivity index is 0. The van der Waals surface area contributed by atoms with Crippen molar-refractivity contribution in [1.82, 2.24) is 10.2 Å². The van der Waals surface area contributed by atoms with Crippen molar-refractivity contribution in [3.8, 4) is 0 Å². The standard InChI is InChI=1S/C16H33N3OS.HI/c1-7-8-9-10-11-13-19(6)15(17-5)18-12-14-21(20)16(2,3)4;/h7H,1,8-14H2,2-6H3,(H,17,18);1H. The van der Waals surface area contributed by atoms with Crippen LogP contribution < -0.4 is 5.32 Å². The van der Waals surface area contributed by atoms with Crippen LogP contribution in [0.2, 0.25) is 0 Å². The van der Waals surface area contributed by atoms with Crippen molar-refractivity contribution < 1.29 is 4.21 Å². The molecule has 0 aliphatic heterocycles. The Morgan fingerprint density at radius 3 is 2.45 bits per heavy atom. The topological polar surface area (TPSA) is 44.7 Å².